The van der Waals surface area contributed by atoms with Crippen molar-refractivity contribution in [2.75, 3.05) is 0 Å². The van der Waals surface area contributed by atoms with Crippen LogP contribution < -0.4 is 10.4 Å². The molecule has 1 aliphatic rings. The van der Waals surface area contributed by atoms with Crippen molar-refractivity contribution in [1.29, 1.82) is 0 Å². The summed E-state index contributed by atoms with van der Waals surface area (Å²) in [6.07, 6.45) is 7.71. The summed E-state index contributed by atoms with van der Waals surface area (Å²) < 4.78 is 0. The van der Waals surface area contributed by atoms with E-state index in [2.05, 4.69) is 12.2 Å². The molecule has 4 nitrogen and oxygen atoms in total. The van der Waals surface area contributed by atoms with E-state index in [1.165, 1.54) is 19.3 Å². The second kappa shape index (κ2) is 8.28. The number of carbonyl (C=O) groups is 2. The molecule has 4 heteroatoms. The summed E-state index contributed by atoms with van der Waals surface area (Å²) >= 11 is 0. The average Bonchev–Trinajstić information content (AvgIpc) is 2.42. The lowest BCUT2D eigenvalue weighted by molar-refractivity contribution is -0.309. The molecule has 0 aromatic heterocycles. The number of hydrogen-bond acceptors (Lipinski definition) is 3. The zero-order valence-corrected chi connectivity index (χ0v) is 13.0. The molecule has 0 radical (unpaired) electrons. The van der Waals surface area contributed by atoms with Gasteiger partial charge in [-0.3, -0.25) is 4.79 Å². The molecule has 0 aromatic carbocycles. The van der Waals surface area contributed by atoms with Gasteiger partial charge in [-0.15, -0.1) is 0 Å². The monoisotopic (exact) mass is 282 g/mol. The van der Waals surface area contributed by atoms with E-state index in [1.54, 1.807) is 13.8 Å². The lowest BCUT2D eigenvalue weighted by atomic mass is 9.79. The first-order valence-corrected chi connectivity index (χ1v) is 7.96. The highest BCUT2D eigenvalue weighted by Gasteiger charge is 2.28. The molecule has 20 heavy (non-hydrogen) atoms. The van der Waals surface area contributed by atoms with E-state index >= 15 is 0 Å². The molecule has 116 valence electrons. The van der Waals surface area contributed by atoms with Gasteiger partial charge in [0.05, 0.1) is 12.0 Å². The summed E-state index contributed by atoms with van der Waals surface area (Å²) in [5.41, 5.74) is 0. The number of rotatable bonds is 7. The Bertz CT molecular complexity index is 320. The average molecular weight is 282 g/mol. The molecule has 0 aliphatic heterocycles. The SMILES string of the molecule is CCCCC1CCC(C(=O)N[C@H](C(=O)[O-])C(C)C)CC1. The van der Waals surface area contributed by atoms with Crippen molar-refractivity contribution >= 4 is 11.9 Å². The number of nitrogens with one attached hydrogen (secondary N) is 1. The Morgan fingerprint density at radius 1 is 1.20 bits per heavy atom. The van der Waals surface area contributed by atoms with Crippen LogP contribution in [0.15, 0.2) is 0 Å². The summed E-state index contributed by atoms with van der Waals surface area (Å²) in [4.78, 5) is 23.1. The van der Waals surface area contributed by atoms with Crippen molar-refractivity contribution in [2.24, 2.45) is 17.8 Å². The van der Waals surface area contributed by atoms with E-state index in [0.717, 1.165) is 31.6 Å². The van der Waals surface area contributed by atoms with Gasteiger partial charge in [-0.25, -0.2) is 0 Å². The van der Waals surface area contributed by atoms with Crippen molar-refractivity contribution in [1.82, 2.24) is 5.32 Å². The first kappa shape index (κ1) is 17.0. The summed E-state index contributed by atoms with van der Waals surface area (Å²) in [6, 6.07) is -0.875. The predicted octanol–water partition coefficient (Wildman–Crippen LogP) is 1.87. The highest BCUT2D eigenvalue weighted by atomic mass is 16.4. The molecule has 1 aliphatic carbocycles. The smallest absolute Gasteiger partial charge is 0.223 e. The largest absolute Gasteiger partial charge is 0.548 e. The third-order valence-electron chi connectivity index (χ3n) is 4.40. The quantitative estimate of drug-likeness (QED) is 0.775. The Kier molecular flexibility index (Phi) is 7.03. The first-order valence-electron chi connectivity index (χ1n) is 7.96. The number of aliphatic carboxylic acids is 1. The Labute approximate surface area is 122 Å². The molecule has 1 amide bonds. The van der Waals surface area contributed by atoms with Crippen molar-refractivity contribution in [3.8, 4) is 0 Å². The van der Waals surface area contributed by atoms with Crippen LogP contribution in [0.5, 0.6) is 0 Å². The minimum Gasteiger partial charge on any atom is -0.548 e. The van der Waals surface area contributed by atoms with Crippen LogP contribution in [0.2, 0.25) is 0 Å². The van der Waals surface area contributed by atoms with Crippen LogP contribution in [0.4, 0.5) is 0 Å². The van der Waals surface area contributed by atoms with Gasteiger partial charge in [-0.05, 0) is 37.5 Å². The van der Waals surface area contributed by atoms with Gasteiger partial charge in [0, 0.05) is 5.92 Å². The number of hydrogen-bond donors (Lipinski definition) is 1. The first-order chi connectivity index (χ1) is 9.45. The Morgan fingerprint density at radius 3 is 2.25 bits per heavy atom. The Morgan fingerprint density at radius 2 is 1.80 bits per heavy atom. The number of unbranched alkanes of at least 4 members (excludes halogenated alkanes) is 1. The molecule has 0 heterocycles. The predicted molar refractivity (Wildman–Crippen MR) is 76.7 cm³/mol. The molecule has 0 saturated heterocycles. The zero-order valence-electron chi connectivity index (χ0n) is 13.0. The Hall–Kier alpha value is -1.06. The summed E-state index contributed by atoms with van der Waals surface area (Å²) in [7, 11) is 0. The van der Waals surface area contributed by atoms with Gasteiger partial charge in [-0.2, -0.15) is 0 Å². The number of carboxylic acid groups (broad SMARTS) is 1. The van der Waals surface area contributed by atoms with Crippen molar-refractivity contribution in [3.05, 3.63) is 0 Å². The molecule has 0 aromatic rings. The molecule has 0 spiro atoms. The number of amides is 1. The maximum absolute atomic E-state index is 12.1. The molecule has 1 atom stereocenters. The van der Waals surface area contributed by atoms with Gasteiger partial charge in [0.25, 0.3) is 0 Å². The van der Waals surface area contributed by atoms with Gasteiger partial charge < -0.3 is 15.2 Å². The van der Waals surface area contributed by atoms with Crippen molar-refractivity contribution in [3.63, 3.8) is 0 Å². The highest BCUT2D eigenvalue weighted by Crippen LogP contribution is 2.32. The maximum atomic E-state index is 12.1. The molecule has 1 N–H and O–H groups in total. The second-order valence-corrected chi connectivity index (χ2v) is 6.41. The third kappa shape index (κ3) is 5.14. The van der Waals surface area contributed by atoms with Crippen LogP contribution in [0, 0.1) is 17.8 Å². The van der Waals surface area contributed by atoms with Crippen LogP contribution >= 0.6 is 0 Å². The fourth-order valence-corrected chi connectivity index (χ4v) is 2.97. The van der Waals surface area contributed by atoms with Gasteiger partial charge >= 0.3 is 0 Å². The van der Waals surface area contributed by atoms with E-state index in [9.17, 15) is 14.7 Å². The van der Waals surface area contributed by atoms with E-state index in [1.807, 2.05) is 0 Å². The number of carboxylic acids is 1. The van der Waals surface area contributed by atoms with Crippen LogP contribution in [0.3, 0.4) is 0 Å². The van der Waals surface area contributed by atoms with Gasteiger partial charge in [0.15, 0.2) is 0 Å². The van der Waals surface area contributed by atoms with Crippen LogP contribution in [0.1, 0.15) is 65.7 Å². The minimum atomic E-state index is -1.19. The maximum Gasteiger partial charge on any atom is 0.223 e. The number of carbonyl (C=O) groups excluding carboxylic acids is 2. The van der Waals surface area contributed by atoms with Crippen LogP contribution in [0.25, 0.3) is 0 Å². The molecule has 0 unspecified atom stereocenters. The van der Waals surface area contributed by atoms with E-state index < -0.39 is 12.0 Å². The molecule has 1 saturated carbocycles. The lowest BCUT2D eigenvalue weighted by Gasteiger charge is -2.30. The van der Waals surface area contributed by atoms with Gasteiger partial charge in [0.1, 0.15) is 0 Å². The summed E-state index contributed by atoms with van der Waals surface area (Å²) in [5.74, 6) is -0.717. The molecular formula is C16H28NO3-. The topological polar surface area (TPSA) is 69.2 Å². The van der Waals surface area contributed by atoms with E-state index in [0.29, 0.717) is 0 Å². The third-order valence-corrected chi connectivity index (χ3v) is 4.40. The Balaban J connectivity index is 2.40. The molecular weight excluding hydrogens is 254 g/mol. The second-order valence-electron chi connectivity index (χ2n) is 6.41. The van der Waals surface area contributed by atoms with Gasteiger partial charge in [0.2, 0.25) is 5.91 Å². The fourth-order valence-electron chi connectivity index (χ4n) is 2.97. The zero-order chi connectivity index (χ0) is 15.1. The van der Waals surface area contributed by atoms with E-state index in [4.69, 9.17) is 0 Å². The van der Waals surface area contributed by atoms with Crippen molar-refractivity contribution in [2.45, 2.75) is 71.8 Å². The lowest BCUT2D eigenvalue weighted by Crippen LogP contribution is -2.52. The fraction of sp³-hybridized carbons (Fsp3) is 0.875. The normalized spacial score (nSPS) is 24.4. The molecule has 0 bridgehead atoms. The van der Waals surface area contributed by atoms with E-state index in [-0.39, 0.29) is 17.7 Å². The highest BCUT2D eigenvalue weighted by molar-refractivity contribution is 5.84. The molecule has 1 fully saturated rings. The summed E-state index contributed by atoms with van der Waals surface area (Å²) in [6.45, 7) is 5.76. The molecule has 1 rings (SSSR count). The van der Waals surface area contributed by atoms with Crippen LogP contribution in [-0.2, 0) is 9.59 Å². The summed E-state index contributed by atoms with van der Waals surface area (Å²) in [5, 5.41) is 13.6. The van der Waals surface area contributed by atoms with Crippen molar-refractivity contribution < 1.29 is 14.7 Å². The van der Waals surface area contributed by atoms with Gasteiger partial charge in [-0.1, -0.05) is 40.0 Å². The minimum absolute atomic E-state index is 0.0199. The van der Waals surface area contributed by atoms with Crippen LogP contribution in [-0.4, -0.2) is 17.9 Å². The standard InChI is InChI=1S/C16H29NO3/c1-4-5-6-12-7-9-13(10-8-12)15(18)17-14(11(2)3)16(19)20/h11-14H,4-10H2,1-3H3,(H,17,18)(H,19,20)/p-1/t12?,13?,14-/m0/s1.